The minimum Gasteiger partial charge on any atom is -0.480 e. The van der Waals surface area contributed by atoms with Gasteiger partial charge in [0.15, 0.2) is 0 Å². The normalized spacial score (nSPS) is 21.7. The fraction of sp³-hybridized carbons (Fsp3) is 0.596. The molecule has 66 heavy (non-hydrogen) atoms. The molecule has 2 aromatic heterocycles. The second kappa shape index (κ2) is 23.0. The number of aliphatic carboxylic acids is 1. The Kier molecular flexibility index (Phi) is 17.0. The zero-order valence-electron chi connectivity index (χ0n) is 39.6. The summed E-state index contributed by atoms with van der Waals surface area (Å²) in [4.78, 5) is 89.0. The summed E-state index contributed by atoms with van der Waals surface area (Å²) in [7, 11) is 0. The number of rotatable bonds is 17. The number of nitrogens with zero attached hydrogens (tertiary/aromatic N) is 6. The molecule has 14 nitrogen and oxygen atoms in total. The van der Waals surface area contributed by atoms with Crippen LogP contribution >= 0.6 is 0 Å². The Morgan fingerprint density at radius 2 is 1.14 bits per heavy atom. The molecule has 3 N–H and O–H groups in total. The number of nitrogens with one attached hydrogen (secondary N) is 2. The van der Waals surface area contributed by atoms with Crippen molar-refractivity contribution < 1.29 is 29.1 Å². The van der Waals surface area contributed by atoms with Crippen LogP contribution in [0.25, 0.3) is 11.1 Å². The number of carbonyl (C=O) groups is 5. The van der Waals surface area contributed by atoms with Crippen molar-refractivity contribution in [2.75, 3.05) is 52.4 Å². The van der Waals surface area contributed by atoms with Crippen LogP contribution in [0.5, 0.6) is 0 Å². The number of piperidine rings is 1. The quantitative estimate of drug-likeness (QED) is 0.137. The van der Waals surface area contributed by atoms with Gasteiger partial charge in [-0.2, -0.15) is 0 Å². The molecule has 4 aliphatic heterocycles. The first-order chi connectivity index (χ1) is 31.9. The summed E-state index contributed by atoms with van der Waals surface area (Å²) in [6.07, 6.45) is 19.4. The van der Waals surface area contributed by atoms with Crippen LogP contribution in [0.4, 0.5) is 0 Å². The van der Waals surface area contributed by atoms with Crippen molar-refractivity contribution in [3.63, 3.8) is 0 Å². The van der Waals surface area contributed by atoms with Crippen LogP contribution in [0, 0.1) is 5.92 Å². The van der Waals surface area contributed by atoms with Gasteiger partial charge in [-0.1, -0.05) is 63.0 Å². The maximum absolute atomic E-state index is 14.7. The molecule has 0 aromatic carbocycles. The smallest absolute Gasteiger partial charge is 0.326 e. The summed E-state index contributed by atoms with van der Waals surface area (Å²) in [5, 5.41) is 16.3. The van der Waals surface area contributed by atoms with Crippen molar-refractivity contribution >= 4 is 29.6 Å². The van der Waals surface area contributed by atoms with Crippen LogP contribution in [0.2, 0.25) is 0 Å². The van der Waals surface area contributed by atoms with E-state index in [4.69, 9.17) is 4.98 Å². The van der Waals surface area contributed by atoms with E-state index in [0.29, 0.717) is 43.5 Å². The topological polar surface area (TPSA) is 168 Å². The zero-order valence-corrected chi connectivity index (χ0v) is 39.6. The number of pyridine rings is 2. The number of carboxylic acids is 1. The van der Waals surface area contributed by atoms with E-state index >= 15 is 0 Å². The lowest BCUT2D eigenvalue weighted by Gasteiger charge is -2.33. The van der Waals surface area contributed by atoms with Gasteiger partial charge in [0.2, 0.25) is 0 Å². The average molecular weight is 905 g/mol. The molecule has 7 rings (SSSR count). The van der Waals surface area contributed by atoms with Gasteiger partial charge in [-0.05, 0) is 158 Å². The van der Waals surface area contributed by atoms with Crippen molar-refractivity contribution in [2.45, 2.75) is 141 Å². The Bertz CT molecular complexity index is 2150. The lowest BCUT2D eigenvalue weighted by Crippen LogP contribution is -2.47. The van der Waals surface area contributed by atoms with Crippen LogP contribution in [-0.2, 0) is 4.79 Å². The molecule has 4 atom stereocenters. The number of hydrogen-bond donors (Lipinski definition) is 3. The van der Waals surface area contributed by atoms with Crippen LogP contribution in [0.1, 0.15) is 159 Å². The number of carbonyl (C=O) groups excluding carboxylic acids is 4. The maximum atomic E-state index is 14.7. The molecule has 14 heteroatoms. The maximum Gasteiger partial charge on any atom is 0.326 e. The number of carboxylic acid groups (broad SMARTS) is 1. The lowest BCUT2D eigenvalue weighted by atomic mass is 9.84. The van der Waals surface area contributed by atoms with E-state index < -0.39 is 23.8 Å². The SMILES string of the molecule is C=C/C=C\C(=C(C)C)C(CC)NC(=O)c1cc(-c2cc(C(=O)NC(C(=O)O)C3CCCCC3)nc(C(=O)N3CCCC3CN3CCCCC3)c2)cc(C(=O)N2CCCC2CN2CCCC2)n1. The summed E-state index contributed by atoms with van der Waals surface area (Å²) >= 11 is 0. The summed E-state index contributed by atoms with van der Waals surface area (Å²) in [5.74, 6) is -3.11. The Labute approximate surface area is 391 Å². The highest BCUT2D eigenvalue weighted by Gasteiger charge is 2.36. The van der Waals surface area contributed by atoms with E-state index in [9.17, 15) is 29.1 Å². The van der Waals surface area contributed by atoms with Gasteiger partial charge in [0.25, 0.3) is 23.6 Å². The first kappa shape index (κ1) is 48.7. The highest BCUT2D eigenvalue weighted by molar-refractivity contribution is 6.02. The molecule has 0 radical (unpaired) electrons. The van der Waals surface area contributed by atoms with Crippen molar-refractivity contribution in [3.05, 3.63) is 83.0 Å². The van der Waals surface area contributed by atoms with Crippen LogP contribution in [0.15, 0.2) is 60.2 Å². The molecule has 4 unspecified atom stereocenters. The van der Waals surface area contributed by atoms with Gasteiger partial charge in [-0.3, -0.25) is 19.2 Å². The number of hydrogen-bond acceptors (Lipinski definition) is 9. The van der Waals surface area contributed by atoms with Gasteiger partial charge < -0.3 is 35.3 Å². The van der Waals surface area contributed by atoms with E-state index in [0.717, 1.165) is 121 Å². The number of allylic oxidation sites excluding steroid dienone is 3. The van der Waals surface area contributed by atoms with E-state index in [-0.39, 0.29) is 58.6 Å². The number of likely N-dealkylation sites (tertiary alicyclic amines) is 4. The highest BCUT2D eigenvalue weighted by atomic mass is 16.4. The van der Waals surface area contributed by atoms with E-state index in [2.05, 4.69) is 32.0 Å². The molecule has 1 aliphatic carbocycles. The Morgan fingerprint density at radius 1 is 0.667 bits per heavy atom. The molecular weight excluding hydrogens is 833 g/mol. The van der Waals surface area contributed by atoms with Crippen molar-refractivity contribution in [1.82, 2.24) is 40.2 Å². The first-order valence-electron chi connectivity index (χ1n) is 24.9. The van der Waals surface area contributed by atoms with Gasteiger partial charge in [-0.25, -0.2) is 14.8 Å². The third-order valence-electron chi connectivity index (χ3n) is 14.5. The largest absolute Gasteiger partial charge is 0.480 e. The molecule has 356 valence electrons. The zero-order chi connectivity index (χ0) is 46.7. The van der Waals surface area contributed by atoms with Gasteiger partial charge in [0.1, 0.15) is 28.8 Å². The second-order valence-electron chi connectivity index (χ2n) is 19.4. The number of amides is 4. The molecule has 0 spiro atoms. The molecule has 0 bridgehead atoms. The Hall–Kier alpha value is -5.21. The molecule has 1 saturated carbocycles. The van der Waals surface area contributed by atoms with Crippen LogP contribution < -0.4 is 10.6 Å². The van der Waals surface area contributed by atoms with Gasteiger partial charge in [0.05, 0.1) is 6.04 Å². The number of aromatic nitrogens is 2. The monoisotopic (exact) mass is 905 g/mol. The predicted molar refractivity (Wildman–Crippen MR) is 256 cm³/mol. The Morgan fingerprint density at radius 3 is 1.61 bits per heavy atom. The average Bonchev–Trinajstić information content (AvgIpc) is 4.14. The molecule has 4 saturated heterocycles. The van der Waals surface area contributed by atoms with E-state index in [1.165, 1.54) is 12.5 Å². The molecule has 6 heterocycles. The van der Waals surface area contributed by atoms with Gasteiger partial charge in [0, 0.05) is 38.3 Å². The minimum atomic E-state index is -1.12. The van der Waals surface area contributed by atoms with E-state index in [1.54, 1.807) is 24.3 Å². The third-order valence-corrected chi connectivity index (χ3v) is 14.5. The third kappa shape index (κ3) is 12.0. The molecule has 2 aromatic rings. The van der Waals surface area contributed by atoms with Crippen molar-refractivity contribution in [3.8, 4) is 11.1 Å². The van der Waals surface area contributed by atoms with Crippen LogP contribution in [-0.4, -0.2) is 141 Å². The second-order valence-corrected chi connectivity index (χ2v) is 19.4. The molecule has 4 amide bonds. The molecular formula is C52H72N8O6. The summed E-state index contributed by atoms with van der Waals surface area (Å²) in [6, 6.07) is 4.93. The minimum absolute atomic E-state index is 0.00446. The predicted octanol–water partition coefficient (Wildman–Crippen LogP) is 7.28. The van der Waals surface area contributed by atoms with Crippen molar-refractivity contribution in [2.24, 2.45) is 5.92 Å². The van der Waals surface area contributed by atoms with Crippen LogP contribution in [0.3, 0.4) is 0 Å². The van der Waals surface area contributed by atoms with Gasteiger partial charge in [-0.15, -0.1) is 0 Å². The first-order valence-corrected chi connectivity index (χ1v) is 24.9. The lowest BCUT2D eigenvalue weighted by molar-refractivity contribution is -0.141. The Balaban J connectivity index is 1.30. The summed E-state index contributed by atoms with van der Waals surface area (Å²) in [5.41, 5.74) is 2.80. The summed E-state index contributed by atoms with van der Waals surface area (Å²) < 4.78 is 0. The fourth-order valence-corrected chi connectivity index (χ4v) is 10.9. The van der Waals surface area contributed by atoms with E-state index in [1.807, 2.05) is 42.7 Å². The van der Waals surface area contributed by atoms with Crippen molar-refractivity contribution in [1.29, 1.82) is 0 Å². The standard InChI is InChI=1S/C52H72N8O6/c1-5-7-22-41(35(3)4)42(6-2)55-48(61)43-29-37(31-45(53-43)50(63)60-28-17-21-40(60)34-58-25-14-15-26-58)38-30-44(49(62)56-47(52(65)66)36-18-10-8-11-19-36)54-46(32-38)51(64)59-27-16-20-39(59)33-57-23-12-9-13-24-57/h5,7,22,29-32,36,39-40,42,47H,1,6,8-21,23-28,33-34H2,2-4H3,(H,55,61)(H,56,62)(H,65,66)/b22-7-. The highest BCUT2D eigenvalue weighted by Crippen LogP contribution is 2.31. The van der Waals surface area contributed by atoms with Gasteiger partial charge >= 0.3 is 5.97 Å². The molecule has 5 fully saturated rings. The summed E-state index contributed by atoms with van der Waals surface area (Å²) in [6.45, 7) is 16.5. The molecule has 5 aliphatic rings. The fourth-order valence-electron chi connectivity index (χ4n) is 10.9.